The van der Waals surface area contributed by atoms with Crippen LogP contribution < -0.4 is 0 Å². The third-order valence-corrected chi connectivity index (χ3v) is 1.50. The van der Waals surface area contributed by atoms with Crippen LogP contribution in [0.4, 0.5) is 0 Å². The molecule has 0 saturated carbocycles. The standard InChI is InChI=1S/C7H9N3O/c1-10-6(5-8)9-4-3-7(10)11-2/h3-4,7H,1-2H3. The van der Waals surface area contributed by atoms with Crippen molar-refractivity contribution in [3.8, 4) is 6.07 Å². The van der Waals surface area contributed by atoms with Gasteiger partial charge in [0, 0.05) is 20.4 Å². The highest BCUT2D eigenvalue weighted by Gasteiger charge is 2.16. The van der Waals surface area contributed by atoms with Gasteiger partial charge in [-0.25, -0.2) is 4.99 Å². The van der Waals surface area contributed by atoms with E-state index in [4.69, 9.17) is 10.00 Å². The summed E-state index contributed by atoms with van der Waals surface area (Å²) in [4.78, 5) is 5.51. The van der Waals surface area contributed by atoms with Gasteiger partial charge in [-0.15, -0.1) is 0 Å². The molecule has 0 N–H and O–H groups in total. The van der Waals surface area contributed by atoms with Gasteiger partial charge in [-0.05, 0) is 6.08 Å². The van der Waals surface area contributed by atoms with Crippen LogP contribution in [-0.4, -0.2) is 31.1 Å². The number of ether oxygens (including phenoxy) is 1. The fourth-order valence-corrected chi connectivity index (χ4v) is 0.872. The summed E-state index contributed by atoms with van der Waals surface area (Å²) in [6.45, 7) is 0. The number of rotatable bonds is 1. The topological polar surface area (TPSA) is 48.6 Å². The van der Waals surface area contributed by atoms with Crippen LogP contribution in [0, 0.1) is 11.3 Å². The predicted molar refractivity (Wildman–Crippen MR) is 40.7 cm³/mol. The van der Waals surface area contributed by atoms with Crippen molar-refractivity contribution < 1.29 is 4.74 Å². The maximum atomic E-state index is 8.56. The quantitative estimate of drug-likeness (QED) is 0.543. The zero-order chi connectivity index (χ0) is 8.27. The Hall–Kier alpha value is -1.34. The zero-order valence-corrected chi connectivity index (χ0v) is 6.48. The highest BCUT2D eigenvalue weighted by atomic mass is 16.5. The number of methoxy groups -OCH3 is 1. The van der Waals surface area contributed by atoms with E-state index in [2.05, 4.69) is 4.99 Å². The van der Waals surface area contributed by atoms with Gasteiger partial charge in [0.2, 0.25) is 5.84 Å². The van der Waals surface area contributed by atoms with E-state index in [1.165, 1.54) is 0 Å². The highest BCUT2D eigenvalue weighted by Crippen LogP contribution is 2.05. The fraction of sp³-hybridized carbons (Fsp3) is 0.429. The molecule has 0 radical (unpaired) electrons. The Morgan fingerprint density at radius 3 is 3.09 bits per heavy atom. The second kappa shape index (κ2) is 3.17. The van der Waals surface area contributed by atoms with E-state index >= 15 is 0 Å². The molecule has 0 aromatic rings. The molecule has 1 aliphatic heterocycles. The van der Waals surface area contributed by atoms with Crippen molar-refractivity contribution in [2.24, 2.45) is 4.99 Å². The summed E-state index contributed by atoms with van der Waals surface area (Å²) in [5.74, 6) is 0.374. The molecular formula is C7H9N3O. The van der Waals surface area contributed by atoms with E-state index in [1.54, 1.807) is 31.3 Å². The van der Waals surface area contributed by atoms with E-state index in [0.717, 1.165) is 0 Å². The summed E-state index contributed by atoms with van der Waals surface area (Å²) in [5, 5.41) is 8.56. The van der Waals surface area contributed by atoms with Gasteiger partial charge in [0.05, 0.1) is 0 Å². The third kappa shape index (κ3) is 1.38. The number of hydrogen-bond acceptors (Lipinski definition) is 4. The lowest BCUT2D eigenvalue weighted by Gasteiger charge is -2.25. The van der Waals surface area contributed by atoms with Crippen LogP contribution >= 0.6 is 0 Å². The first kappa shape index (κ1) is 7.76. The SMILES string of the molecule is COC1C=CN=C(C#N)N1C. The summed E-state index contributed by atoms with van der Waals surface area (Å²) in [5.41, 5.74) is 0. The molecule has 1 unspecified atom stereocenters. The number of aliphatic imine (C=N–C) groups is 1. The lowest BCUT2D eigenvalue weighted by Crippen LogP contribution is -2.37. The molecule has 0 amide bonds. The van der Waals surface area contributed by atoms with Crippen molar-refractivity contribution in [1.29, 1.82) is 5.26 Å². The molecule has 0 saturated heterocycles. The van der Waals surface area contributed by atoms with Crippen molar-refractivity contribution >= 4 is 5.84 Å². The highest BCUT2D eigenvalue weighted by molar-refractivity contribution is 5.97. The molecule has 4 nitrogen and oxygen atoms in total. The molecule has 0 aromatic heterocycles. The van der Waals surface area contributed by atoms with Crippen LogP contribution in [-0.2, 0) is 4.74 Å². The number of nitrogens with zero attached hydrogens (tertiary/aromatic N) is 3. The summed E-state index contributed by atoms with van der Waals surface area (Å²) in [6, 6.07) is 1.96. The van der Waals surface area contributed by atoms with Crippen LogP contribution in [0.1, 0.15) is 0 Å². The molecule has 11 heavy (non-hydrogen) atoms. The van der Waals surface area contributed by atoms with Gasteiger partial charge in [0.15, 0.2) is 6.23 Å². The van der Waals surface area contributed by atoms with Crippen molar-refractivity contribution in [1.82, 2.24) is 4.90 Å². The first-order chi connectivity index (χ1) is 5.29. The number of amidine groups is 1. The smallest absolute Gasteiger partial charge is 0.210 e. The van der Waals surface area contributed by atoms with Crippen LogP contribution in [0.15, 0.2) is 17.3 Å². The molecule has 0 bridgehead atoms. The molecule has 1 heterocycles. The Morgan fingerprint density at radius 2 is 2.55 bits per heavy atom. The number of likely N-dealkylation sites (N-methyl/N-ethyl adjacent to an activating group) is 1. The number of hydrogen-bond donors (Lipinski definition) is 0. The maximum absolute atomic E-state index is 8.56. The summed E-state index contributed by atoms with van der Waals surface area (Å²) >= 11 is 0. The van der Waals surface area contributed by atoms with Crippen molar-refractivity contribution in [2.75, 3.05) is 14.2 Å². The summed E-state index contributed by atoms with van der Waals surface area (Å²) in [6.07, 6.45) is 3.19. The fourth-order valence-electron chi connectivity index (χ4n) is 0.872. The Labute approximate surface area is 65.4 Å². The molecule has 0 fully saturated rings. The Kier molecular flexibility index (Phi) is 2.24. The van der Waals surface area contributed by atoms with E-state index in [-0.39, 0.29) is 6.23 Å². The van der Waals surface area contributed by atoms with Gasteiger partial charge in [-0.2, -0.15) is 5.26 Å². The molecule has 0 aromatic carbocycles. The zero-order valence-electron chi connectivity index (χ0n) is 6.48. The summed E-state index contributed by atoms with van der Waals surface area (Å²) in [7, 11) is 3.35. The van der Waals surface area contributed by atoms with Gasteiger partial charge >= 0.3 is 0 Å². The minimum Gasteiger partial charge on any atom is -0.358 e. The Balaban J connectivity index is 2.79. The first-order valence-corrected chi connectivity index (χ1v) is 3.20. The van der Waals surface area contributed by atoms with Gasteiger partial charge < -0.3 is 9.64 Å². The average molecular weight is 151 g/mol. The van der Waals surface area contributed by atoms with E-state index in [0.29, 0.717) is 5.84 Å². The monoisotopic (exact) mass is 151 g/mol. The normalized spacial score (nSPS) is 22.8. The predicted octanol–water partition coefficient (Wildman–Crippen LogP) is 0.340. The lowest BCUT2D eigenvalue weighted by atomic mass is 10.4. The van der Waals surface area contributed by atoms with Gasteiger partial charge in [-0.3, -0.25) is 0 Å². The molecule has 1 aliphatic rings. The van der Waals surface area contributed by atoms with Crippen LogP contribution in [0.25, 0.3) is 0 Å². The second-order valence-electron chi connectivity index (χ2n) is 2.14. The number of nitriles is 1. The van der Waals surface area contributed by atoms with E-state index in [9.17, 15) is 0 Å². The Morgan fingerprint density at radius 1 is 1.82 bits per heavy atom. The van der Waals surface area contributed by atoms with E-state index in [1.807, 2.05) is 6.07 Å². The molecule has 0 aliphatic carbocycles. The largest absolute Gasteiger partial charge is 0.358 e. The van der Waals surface area contributed by atoms with Gasteiger partial charge in [0.1, 0.15) is 6.07 Å². The van der Waals surface area contributed by atoms with Crippen molar-refractivity contribution in [2.45, 2.75) is 6.23 Å². The van der Waals surface area contributed by atoms with E-state index < -0.39 is 0 Å². The molecule has 1 rings (SSSR count). The Bertz CT molecular complexity index is 239. The molecule has 4 heteroatoms. The second-order valence-corrected chi connectivity index (χ2v) is 2.14. The summed E-state index contributed by atoms with van der Waals surface area (Å²) < 4.78 is 5.04. The van der Waals surface area contributed by atoms with Crippen LogP contribution in [0.5, 0.6) is 0 Å². The minimum absolute atomic E-state index is 0.165. The van der Waals surface area contributed by atoms with Crippen LogP contribution in [0.2, 0.25) is 0 Å². The van der Waals surface area contributed by atoms with Gasteiger partial charge in [-0.1, -0.05) is 0 Å². The minimum atomic E-state index is -0.165. The molecular weight excluding hydrogens is 142 g/mol. The average Bonchev–Trinajstić information content (AvgIpc) is 2.05. The molecule has 58 valence electrons. The molecule has 1 atom stereocenters. The van der Waals surface area contributed by atoms with Gasteiger partial charge in [0.25, 0.3) is 0 Å². The van der Waals surface area contributed by atoms with Crippen molar-refractivity contribution in [3.63, 3.8) is 0 Å². The molecule has 0 spiro atoms. The van der Waals surface area contributed by atoms with Crippen molar-refractivity contribution in [3.05, 3.63) is 12.3 Å². The maximum Gasteiger partial charge on any atom is 0.210 e. The lowest BCUT2D eigenvalue weighted by molar-refractivity contribution is 0.0571. The third-order valence-electron chi connectivity index (χ3n) is 1.50. The first-order valence-electron chi connectivity index (χ1n) is 3.20. The van der Waals surface area contributed by atoms with Crippen LogP contribution in [0.3, 0.4) is 0 Å².